The average Bonchev–Trinajstić information content (AvgIpc) is 1.56. The Kier molecular flexibility index (Phi) is 17.5. The third-order valence-corrected chi connectivity index (χ3v) is 24.9. The summed E-state index contributed by atoms with van der Waals surface area (Å²) in [6.45, 7) is 0. The normalized spacial score (nSPS) is 11.6. The van der Waals surface area contributed by atoms with Gasteiger partial charge in [0.2, 0.25) is 0 Å². The summed E-state index contributed by atoms with van der Waals surface area (Å²) < 4.78 is 9.95. The van der Waals surface area contributed by atoms with Gasteiger partial charge in [0.1, 0.15) is 0 Å². The smallest absolute Gasteiger partial charge is 0.166 e. The molecule has 17 aromatic carbocycles. The molecule has 0 N–H and O–H groups in total. The van der Waals surface area contributed by atoms with E-state index in [0.717, 1.165) is 100 Å². The van der Waals surface area contributed by atoms with E-state index in [2.05, 4.69) is 379 Å². The van der Waals surface area contributed by atoms with Crippen molar-refractivity contribution in [1.29, 1.82) is 0 Å². The quantitative estimate of drug-likeness (QED) is 0.114. The predicted molar refractivity (Wildman–Crippen MR) is 494 cm³/mol. The number of hydrogen-bond donors (Lipinski definition) is 0. The first-order chi connectivity index (χ1) is 58.5. The standard InChI is InChI=1S/C57H36N4S.C51H32N4S/c1-5-18-37(19-6-1)41-34-42(38-20-7-2-8-21-38)36-43(35-41)56-58-55(40-24-11-4-12-25-40)59-57(60-56)46-27-14-16-31-49(46)61-48-30-15-13-26-45(48)52-50(61)32-33-51-53(52)47-29-17-28-44(54(47)62-51)39-22-9-3-10-23-39;1-4-16-33(17-5-1)36-22-14-23-37(32-36)50-52-49(35-20-8-3-9-21-35)53-51(54-50)40-25-11-13-29-43(40)55-42-28-12-10-24-39(42)46-44(55)30-31-45-47(46)41-27-15-26-38(48(41)56-45)34-18-6-2-7-19-34/h1-36H;1-32H. The van der Waals surface area contributed by atoms with Crippen LogP contribution in [0.1, 0.15) is 0 Å². The SMILES string of the molecule is c1ccc(-c2cc(-c3ccccc3)cc(-c3nc(-c4ccccc4)nc(-c4ccccc4-n4c5ccccc5c5c6c(ccc54)sc4c(-c5ccccc5)cccc46)n3)c2)cc1.c1ccc(-c2cccc(-c3nc(-c4ccccc4)nc(-c4ccccc4-n4c5ccccc5c5c6c(ccc54)sc4c(-c5ccccc5)cccc46)n3)c2)cc1. The van der Waals surface area contributed by atoms with Crippen molar-refractivity contribution in [3.05, 3.63) is 413 Å². The van der Waals surface area contributed by atoms with Gasteiger partial charge in [-0.05, 0) is 141 Å². The lowest BCUT2D eigenvalue weighted by Crippen LogP contribution is -2.03. The van der Waals surface area contributed by atoms with E-state index in [1.807, 2.05) is 65.1 Å². The molecule has 0 saturated carbocycles. The molecule has 0 bridgehead atoms. The van der Waals surface area contributed by atoms with E-state index in [1.54, 1.807) is 0 Å². The van der Waals surface area contributed by atoms with Crippen LogP contribution in [0.15, 0.2) is 413 Å². The van der Waals surface area contributed by atoms with Gasteiger partial charge in [0.05, 0.1) is 33.4 Å². The van der Waals surface area contributed by atoms with Crippen LogP contribution >= 0.6 is 22.7 Å². The molecule has 0 spiro atoms. The van der Waals surface area contributed by atoms with E-state index in [0.29, 0.717) is 34.9 Å². The summed E-state index contributed by atoms with van der Waals surface area (Å²) in [4.78, 5) is 31.4. The van der Waals surface area contributed by atoms with Crippen molar-refractivity contribution in [2.24, 2.45) is 0 Å². The molecule has 0 aliphatic heterocycles. The van der Waals surface area contributed by atoms with E-state index >= 15 is 0 Å². The van der Waals surface area contributed by atoms with Gasteiger partial charge in [-0.2, -0.15) is 0 Å². The van der Waals surface area contributed by atoms with Crippen LogP contribution in [0.4, 0.5) is 0 Å². The Morgan fingerprint density at radius 2 is 0.458 bits per heavy atom. The molecule has 6 aromatic heterocycles. The van der Waals surface area contributed by atoms with Crippen molar-refractivity contribution in [3.63, 3.8) is 0 Å². The van der Waals surface area contributed by atoms with Crippen molar-refractivity contribution in [2.75, 3.05) is 0 Å². The van der Waals surface area contributed by atoms with E-state index in [1.165, 1.54) is 84.1 Å². The molecule has 0 amide bonds. The molecule has 8 nitrogen and oxygen atoms in total. The maximum atomic E-state index is 5.39. The molecule has 0 saturated heterocycles. The number of benzene rings is 17. The molecular formula is C108H68N8S2. The summed E-state index contributed by atoms with van der Waals surface area (Å²) in [6, 6.07) is 146. The second-order valence-corrected chi connectivity index (χ2v) is 31.6. The summed E-state index contributed by atoms with van der Waals surface area (Å²) in [5.74, 6) is 3.72. The molecule has 552 valence electrons. The lowest BCUT2D eigenvalue weighted by Gasteiger charge is -2.15. The summed E-state index contributed by atoms with van der Waals surface area (Å²) >= 11 is 3.75. The summed E-state index contributed by atoms with van der Waals surface area (Å²) in [5.41, 5.74) is 23.8. The van der Waals surface area contributed by atoms with Gasteiger partial charge in [-0.1, -0.05) is 328 Å². The maximum absolute atomic E-state index is 5.39. The number of hydrogen-bond acceptors (Lipinski definition) is 8. The van der Waals surface area contributed by atoms with E-state index in [-0.39, 0.29) is 0 Å². The largest absolute Gasteiger partial charge is 0.308 e. The minimum absolute atomic E-state index is 0.608. The fourth-order valence-electron chi connectivity index (χ4n) is 17.1. The third kappa shape index (κ3) is 12.4. The van der Waals surface area contributed by atoms with Gasteiger partial charge in [0.15, 0.2) is 34.9 Å². The van der Waals surface area contributed by atoms with Crippen molar-refractivity contribution in [2.45, 2.75) is 0 Å². The van der Waals surface area contributed by atoms with Crippen LogP contribution in [0.25, 0.3) is 219 Å². The number of nitrogens with zero attached hydrogens (tertiary/aromatic N) is 8. The zero-order chi connectivity index (χ0) is 78.0. The fraction of sp³-hybridized carbons (Fsp3) is 0. The Morgan fingerprint density at radius 3 is 0.890 bits per heavy atom. The fourth-order valence-corrected chi connectivity index (χ4v) is 19.6. The van der Waals surface area contributed by atoms with Gasteiger partial charge in [0.25, 0.3) is 0 Å². The number of aromatic nitrogens is 8. The van der Waals surface area contributed by atoms with E-state index < -0.39 is 0 Å². The zero-order valence-corrected chi connectivity index (χ0v) is 65.3. The molecule has 0 unspecified atom stereocenters. The molecular weight excluding hydrogens is 1470 g/mol. The Hall–Kier alpha value is -15.2. The van der Waals surface area contributed by atoms with Gasteiger partial charge >= 0.3 is 0 Å². The number of para-hydroxylation sites is 4. The van der Waals surface area contributed by atoms with Crippen molar-refractivity contribution in [3.8, 4) is 135 Å². The van der Waals surface area contributed by atoms with Gasteiger partial charge in [-0.25, -0.2) is 29.9 Å². The highest BCUT2D eigenvalue weighted by Gasteiger charge is 2.26. The van der Waals surface area contributed by atoms with E-state index in [4.69, 9.17) is 29.9 Å². The average molecular weight is 1540 g/mol. The van der Waals surface area contributed by atoms with Gasteiger partial charge in [-0.15, -0.1) is 22.7 Å². The van der Waals surface area contributed by atoms with Crippen LogP contribution in [-0.2, 0) is 0 Å². The summed E-state index contributed by atoms with van der Waals surface area (Å²) in [6.07, 6.45) is 0. The topological polar surface area (TPSA) is 87.2 Å². The van der Waals surface area contributed by atoms with Gasteiger partial charge in [-0.3, -0.25) is 0 Å². The molecule has 0 aliphatic carbocycles. The van der Waals surface area contributed by atoms with Crippen LogP contribution in [0, 0.1) is 0 Å². The third-order valence-electron chi connectivity index (χ3n) is 22.5. The first-order valence-corrected chi connectivity index (χ1v) is 41.3. The van der Waals surface area contributed by atoms with Crippen LogP contribution in [0.2, 0.25) is 0 Å². The monoisotopic (exact) mass is 1540 g/mol. The van der Waals surface area contributed by atoms with E-state index in [9.17, 15) is 0 Å². The number of fused-ring (bicyclic) bond motifs is 14. The van der Waals surface area contributed by atoms with Crippen molar-refractivity contribution >= 4 is 107 Å². The second-order valence-electron chi connectivity index (χ2n) is 29.5. The van der Waals surface area contributed by atoms with Crippen LogP contribution < -0.4 is 0 Å². The molecule has 0 atom stereocenters. The van der Waals surface area contributed by atoms with Crippen LogP contribution in [0.5, 0.6) is 0 Å². The highest BCUT2D eigenvalue weighted by atomic mass is 32.1. The Morgan fingerprint density at radius 1 is 0.169 bits per heavy atom. The predicted octanol–water partition coefficient (Wildman–Crippen LogP) is 29.0. The summed E-state index contributed by atoms with van der Waals surface area (Å²) in [7, 11) is 0. The molecule has 0 fully saturated rings. The zero-order valence-electron chi connectivity index (χ0n) is 63.7. The first kappa shape index (κ1) is 69.5. The minimum atomic E-state index is 0.608. The number of rotatable bonds is 13. The van der Waals surface area contributed by atoms with Crippen molar-refractivity contribution < 1.29 is 0 Å². The number of thiophene rings is 2. The molecule has 0 aliphatic rings. The lowest BCUT2D eigenvalue weighted by molar-refractivity contribution is 1.06. The molecule has 23 aromatic rings. The minimum Gasteiger partial charge on any atom is -0.308 e. The molecule has 118 heavy (non-hydrogen) atoms. The maximum Gasteiger partial charge on any atom is 0.166 e. The van der Waals surface area contributed by atoms with Crippen LogP contribution in [-0.4, -0.2) is 39.0 Å². The molecule has 6 heterocycles. The Labute approximate surface area is 688 Å². The Balaban J connectivity index is 0.000000143. The highest BCUT2D eigenvalue weighted by Crippen LogP contribution is 2.50. The second kappa shape index (κ2) is 29.6. The molecule has 0 radical (unpaired) electrons. The lowest BCUT2D eigenvalue weighted by atomic mass is 9.96. The van der Waals surface area contributed by atoms with Crippen molar-refractivity contribution in [1.82, 2.24) is 39.0 Å². The Bertz CT molecular complexity index is 7720. The highest BCUT2D eigenvalue weighted by molar-refractivity contribution is 7.27. The van der Waals surface area contributed by atoms with Crippen LogP contribution in [0.3, 0.4) is 0 Å². The summed E-state index contributed by atoms with van der Waals surface area (Å²) in [5, 5.41) is 10.1. The molecule has 10 heteroatoms. The molecule has 23 rings (SSSR count). The first-order valence-electron chi connectivity index (χ1n) is 39.6. The van der Waals surface area contributed by atoms with Gasteiger partial charge < -0.3 is 9.13 Å². The van der Waals surface area contributed by atoms with Gasteiger partial charge in [0, 0.05) is 95.3 Å².